The Kier molecular flexibility index (Phi) is 5.63. The fraction of sp³-hybridized carbons (Fsp3) is 0.615. The molecule has 0 saturated carbocycles. The number of carbonyl (C=O) groups is 1. The van der Waals surface area contributed by atoms with Crippen LogP contribution in [0.2, 0.25) is 4.34 Å². The van der Waals surface area contributed by atoms with Crippen molar-refractivity contribution in [3.8, 4) is 0 Å². The highest BCUT2D eigenvalue weighted by Gasteiger charge is 2.13. The maximum Gasteiger partial charge on any atom is 0.221 e. The molecule has 0 aliphatic carbocycles. The Hall–Kier alpha value is -0.580. The van der Waals surface area contributed by atoms with Crippen LogP contribution < -0.4 is 10.6 Å². The summed E-state index contributed by atoms with van der Waals surface area (Å²) in [6.07, 6.45) is 0.487. The van der Waals surface area contributed by atoms with Crippen LogP contribution in [0.3, 0.4) is 0 Å². The van der Waals surface area contributed by atoms with E-state index in [4.69, 9.17) is 11.6 Å². The molecule has 18 heavy (non-hydrogen) atoms. The number of rotatable bonds is 5. The van der Waals surface area contributed by atoms with Gasteiger partial charge < -0.3 is 10.6 Å². The first-order valence-electron chi connectivity index (χ1n) is 6.07. The van der Waals surface area contributed by atoms with Crippen molar-refractivity contribution in [1.29, 1.82) is 0 Å². The van der Waals surface area contributed by atoms with Gasteiger partial charge in [0.1, 0.15) is 0 Å². The summed E-state index contributed by atoms with van der Waals surface area (Å²) >= 11 is 7.37. The van der Waals surface area contributed by atoms with Crippen molar-refractivity contribution in [2.24, 2.45) is 0 Å². The number of halogens is 1. The number of hydrogen-bond acceptors (Lipinski definition) is 3. The molecule has 1 aromatic heterocycles. The van der Waals surface area contributed by atoms with Gasteiger partial charge in [-0.3, -0.25) is 4.79 Å². The highest BCUT2D eigenvalue weighted by Crippen LogP contribution is 2.26. The van der Waals surface area contributed by atoms with Gasteiger partial charge in [0.2, 0.25) is 5.91 Å². The smallest absolute Gasteiger partial charge is 0.221 e. The largest absolute Gasteiger partial charge is 0.349 e. The third kappa shape index (κ3) is 5.85. The summed E-state index contributed by atoms with van der Waals surface area (Å²) in [5, 5.41) is 6.26. The predicted molar refractivity (Wildman–Crippen MR) is 78.3 cm³/mol. The normalized spacial score (nSPS) is 13.4. The van der Waals surface area contributed by atoms with E-state index in [1.807, 2.05) is 19.1 Å². The molecule has 0 fully saturated rings. The third-order valence-electron chi connectivity index (χ3n) is 2.41. The lowest BCUT2D eigenvalue weighted by Gasteiger charge is -2.20. The van der Waals surface area contributed by atoms with Crippen LogP contribution in [-0.2, 0) is 4.79 Å². The molecule has 0 aliphatic rings. The minimum absolute atomic E-state index is 0.0182. The minimum Gasteiger partial charge on any atom is -0.349 e. The number of carbonyl (C=O) groups excluding carboxylic acids is 1. The Morgan fingerprint density at radius 3 is 2.61 bits per heavy atom. The Bertz CT molecular complexity index is 398. The molecule has 0 aliphatic heterocycles. The maximum atomic E-state index is 11.7. The van der Waals surface area contributed by atoms with Crippen LogP contribution in [0.25, 0.3) is 0 Å². The fourth-order valence-corrected chi connectivity index (χ4v) is 2.56. The van der Waals surface area contributed by atoms with Crippen molar-refractivity contribution in [2.45, 2.75) is 45.7 Å². The molecule has 0 spiro atoms. The molecule has 1 atom stereocenters. The van der Waals surface area contributed by atoms with Gasteiger partial charge in [-0.15, -0.1) is 11.3 Å². The zero-order chi connectivity index (χ0) is 13.8. The quantitative estimate of drug-likeness (QED) is 0.872. The Morgan fingerprint density at radius 2 is 2.11 bits per heavy atom. The topological polar surface area (TPSA) is 41.1 Å². The summed E-state index contributed by atoms with van der Waals surface area (Å²) in [6, 6.07) is 3.82. The van der Waals surface area contributed by atoms with Gasteiger partial charge in [0, 0.05) is 23.4 Å². The summed E-state index contributed by atoms with van der Waals surface area (Å²) < 4.78 is 0.750. The second kappa shape index (κ2) is 6.55. The van der Waals surface area contributed by atoms with Gasteiger partial charge in [0.05, 0.1) is 10.4 Å². The van der Waals surface area contributed by atoms with Gasteiger partial charge in [-0.05, 0) is 39.8 Å². The zero-order valence-electron chi connectivity index (χ0n) is 11.3. The molecular formula is C13H21ClN2OS. The van der Waals surface area contributed by atoms with E-state index in [-0.39, 0.29) is 17.5 Å². The Labute approximate surface area is 118 Å². The van der Waals surface area contributed by atoms with Crippen molar-refractivity contribution in [3.05, 3.63) is 21.3 Å². The lowest BCUT2D eigenvalue weighted by molar-refractivity contribution is -0.121. The Morgan fingerprint density at radius 1 is 1.44 bits per heavy atom. The lowest BCUT2D eigenvalue weighted by atomic mass is 10.1. The summed E-state index contributed by atoms with van der Waals surface area (Å²) in [7, 11) is 0. The zero-order valence-corrected chi connectivity index (χ0v) is 12.9. The number of hydrogen-bond donors (Lipinski definition) is 2. The van der Waals surface area contributed by atoms with Gasteiger partial charge >= 0.3 is 0 Å². The highest BCUT2D eigenvalue weighted by molar-refractivity contribution is 7.16. The Balaban J connectivity index is 2.32. The first kappa shape index (κ1) is 15.5. The van der Waals surface area contributed by atoms with Crippen molar-refractivity contribution in [1.82, 2.24) is 10.6 Å². The van der Waals surface area contributed by atoms with E-state index >= 15 is 0 Å². The number of nitrogens with one attached hydrogen (secondary N) is 2. The summed E-state index contributed by atoms with van der Waals surface area (Å²) in [5.74, 6) is 0.0590. The summed E-state index contributed by atoms with van der Waals surface area (Å²) in [4.78, 5) is 12.8. The monoisotopic (exact) mass is 288 g/mol. The molecule has 0 aromatic carbocycles. The second-order valence-electron chi connectivity index (χ2n) is 5.36. The van der Waals surface area contributed by atoms with Crippen LogP contribution in [-0.4, -0.2) is 18.0 Å². The average Bonchev–Trinajstić information content (AvgIpc) is 2.62. The van der Waals surface area contributed by atoms with E-state index in [0.717, 1.165) is 9.21 Å². The molecular weight excluding hydrogens is 268 g/mol. The number of amides is 1. The van der Waals surface area contributed by atoms with Gasteiger partial charge in [-0.2, -0.15) is 0 Å². The molecule has 1 amide bonds. The predicted octanol–water partition coefficient (Wildman–Crippen LogP) is 3.36. The van der Waals surface area contributed by atoms with Gasteiger partial charge in [0.15, 0.2) is 0 Å². The third-order valence-corrected chi connectivity index (χ3v) is 3.82. The van der Waals surface area contributed by atoms with Gasteiger partial charge in [-0.1, -0.05) is 11.6 Å². The standard InChI is InChI=1S/C13H21ClN2OS/c1-9(10-5-6-11(14)18-10)16-12(17)7-8-15-13(2,3)4/h5-6,9,15H,7-8H2,1-4H3,(H,16,17). The van der Waals surface area contributed by atoms with E-state index in [9.17, 15) is 4.79 Å². The van der Waals surface area contributed by atoms with Gasteiger partial charge in [0.25, 0.3) is 0 Å². The van der Waals surface area contributed by atoms with E-state index in [1.165, 1.54) is 11.3 Å². The molecule has 0 saturated heterocycles. The average molecular weight is 289 g/mol. The molecule has 1 heterocycles. The SMILES string of the molecule is CC(NC(=O)CCNC(C)(C)C)c1ccc(Cl)s1. The van der Waals surface area contributed by atoms with Crippen LogP contribution in [0.5, 0.6) is 0 Å². The second-order valence-corrected chi connectivity index (χ2v) is 7.10. The molecule has 5 heteroatoms. The van der Waals surface area contributed by atoms with Crippen LogP contribution in [0.4, 0.5) is 0 Å². The molecule has 2 N–H and O–H groups in total. The summed E-state index contributed by atoms with van der Waals surface area (Å²) in [6.45, 7) is 8.91. The minimum atomic E-state index is 0.0182. The molecule has 1 rings (SSSR count). The van der Waals surface area contributed by atoms with Crippen molar-refractivity contribution in [2.75, 3.05) is 6.54 Å². The van der Waals surface area contributed by atoms with Crippen molar-refractivity contribution in [3.63, 3.8) is 0 Å². The fourth-order valence-electron chi connectivity index (χ4n) is 1.50. The van der Waals surface area contributed by atoms with Crippen LogP contribution >= 0.6 is 22.9 Å². The van der Waals surface area contributed by atoms with E-state index < -0.39 is 0 Å². The van der Waals surface area contributed by atoms with E-state index in [1.54, 1.807) is 0 Å². The van der Waals surface area contributed by atoms with Crippen molar-refractivity contribution >= 4 is 28.8 Å². The maximum absolute atomic E-state index is 11.7. The van der Waals surface area contributed by atoms with Crippen LogP contribution in [0.15, 0.2) is 12.1 Å². The first-order chi connectivity index (χ1) is 8.28. The lowest BCUT2D eigenvalue weighted by Crippen LogP contribution is -2.38. The molecule has 3 nitrogen and oxygen atoms in total. The molecule has 0 bridgehead atoms. The summed E-state index contributed by atoms with van der Waals surface area (Å²) in [5.41, 5.74) is 0.0488. The first-order valence-corrected chi connectivity index (χ1v) is 7.27. The van der Waals surface area contributed by atoms with E-state index in [0.29, 0.717) is 13.0 Å². The van der Waals surface area contributed by atoms with Crippen molar-refractivity contribution < 1.29 is 4.79 Å². The molecule has 102 valence electrons. The molecule has 1 aromatic rings. The van der Waals surface area contributed by atoms with Crippen LogP contribution in [0, 0.1) is 0 Å². The highest BCUT2D eigenvalue weighted by atomic mass is 35.5. The molecule has 0 radical (unpaired) electrons. The number of thiophene rings is 1. The van der Waals surface area contributed by atoms with E-state index in [2.05, 4.69) is 31.4 Å². The molecule has 1 unspecified atom stereocenters. The van der Waals surface area contributed by atoms with Crippen LogP contribution in [0.1, 0.15) is 45.0 Å². The van der Waals surface area contributed by atoms with Gasteiger partial charge in [-0.25, -0.2) is 0 Å².